The highest BCUT2D eigenvalue weighted by atomic mass is 14.3. The summed E-state index contributed by atoms with van der Waals surface area (Å²) < 4.78 is 0. The van der Waals surface area contributed by atoms with E-state index in [2.05, 4.69) is 44.7 Å². The summed E-state index contributed by atoms with van der Waals surface area (Å²) in [5.41, 5.74) is 6.07. The van der Waals surface area contributed by atoms with Gasteiger partial charge in [-0.3, -0.25) is 0 Å². The van der Waals surface area contributed by atoms with Crippen LogP contribution in [0.4, 0.5) is 0 Å². The SMILES string of the molecule is C=C(C)/C1=C(\C=N)CC/C=C(C)/C=C(C)\C=C/CC1. The van der Waals surface area contributed by atoms with Crippen LogP contribution in [0.25, 0.3) is 0 Å². The molecule has 0 aromatic carbocycles. The molecule has 1 nitrogen and oxygen atoms in total. The molecule has 0 saturated carbocycles. The highest BCUT2D eigenvalue weighted by Gasteiger charge is 2.05. The van der Waals surface area contributed by atoms with Crippen molar-refractivity contribution in [2.45, 2.75) is 46.5 Å². The van der Waals surface area contributed by atoms with Crippen molar-refractivity contribution in [3.05, 3.63) is 58.7 Å². The molecule has 19 heavy (non-hydrogen) atoms. The third kappa shape index (κ3) is 5.25. The Morgan fingerprint density at radius 1 is 1.21 bits per heavy atom. The lowest BCUT2D eigenvalue weighted by Gasteiger charge is -2.12. The van der Waals surface area contributed by atoms with Crippen molar-refractivity contribution >= 4 is 6.21 Å². The Hall–Kier alpha value is -1.63. The zero-order valence-electron chi connectivity index (χ0n) is 12.4. The molecule has 0 saturated heterocycles. The average molecular weight is 255 g/mol. The van der Waals surface area contributed by atoms with E-state index in [0.29, 0.717) is 0 Å². The van der Waals surface area contributed by atoms with Crippen molar-refractivity contribution in [3.8, 4) is 0 Å². The van der Waals surface area contributed by atoms with Gasteiger partial charge in [-0.1, -0.05) is 47.6 Å². The molecule has 0 aromatic rings. The van der Waals surface area contributed by atoms with Crippen LogP contribution in [0, 0.1) is 5.41 Å². The van der Waals surface area contributed by atoms with Gasteiger partial charge < -0.3 is 5.41 Å². The summed E-state index contributed by atoms with van der Waals surface area (Å²) in [6.45, 7) is 10.4. The smallest absolute Gasteiger partial charge is 0.0212 e. The highest BCUT2D eigenvalue weighted by molar-refractivity contribution is 5.78. The molecule has 0 amide bonds. The van der Waals surface area contributed by atoms with Gasteiger partial charge >= 0.3 is 0 Å². The lowest BCUT2D eigenvalue weighted by molar-refractivity contribution is 0.928. The molecular formula is C18H25N. The van der Waals surface area contributed by atoms with Crippen molar-refractivity contribution in [2.24, 2.45) is 0 Å². The molecule has 1 rings (SSSR count). The Bertz CT molecular complexity index is 470. The van der Waals surface area contributed by atoms with E-state index >= 15 is 0 Å². The van der Waals surface area contributed by atoms with Gasteiger partial charge in [-0.15, -0.1) is 0 Å². The maximum absolute atomic E-state index is 7.62. The maximum Gasteiger partial charge on any atom is 0.0212 e. The van der Waals surface area contributed by atoms with Gasteiger partial charge in [0.15, 0.2) is 0 Å². The summed E-state index contributed by atoms with van der Waals surface area (Å²) in [7, 11) is 0. The summed E-state index contributed by atoms with van der Waals surface area (Å²) in [6, 6.07) is 0. The van der Waals surface area contributed by atoms with E-state index < -0.39 is 0 Å². The van der Waals surface area contributed by atoms with Crippen LogP contribution in [0.15, 0.2) is 58.7 Å². The molecule has 0 fully saturated rings. The first-order valence-electron chi connectivity index (χ1n) is 6.94. The van der Waals surface area contributed by atoms with E-state index in [9.17, 15) is 0 Å². The van der Waals surface area contributed by atoms with Gasteiger partial charge in [0.2, 0.25) is 0 Å². The molecule has 0 aromatic heterocycles. The van der Waals surface area contributed by atoms with Gasteiger partial charge in [0.1, 0.15) is 0 Å². The molecule has 1 N–H and O–H groups in total. The molecule has 0 unspecified atom stereocenters. The number of nitrogens with one attached hydrogen (secondary N) is 1. The van der Waals surface area contributed by atoms with Crippen molar-refractivity contribution in [1.82, 2.24) is 0 Å². The molecule has 1 aliphatic rings. The number of hydrogen-bond donors (Lipinski definition) is 1. The first kappa shape index (κ1) is 15.4. The Kier molecular flexibility index (Phi) is 6.27. The molecule has 0 spiro atoms. The lowest BCUT2D eigenvalue weighted by Crippen LogP contribution is -1.96. The van der Waals surface area contributed by atoms with Crippen molar-refractivity contribution in [2.75, 3.05) is 0 Å². The Balaban J connectivity index is 3.05. The standard InChI is InChI=1S/C18H25N/c1-14(2)18-11-6-5-8-15(3)12-16(4)9-7-10-17(18)13-19/h5,8-9,12-13,19H,1,6-7,10-11H2,2-4H3/b8-5-,15-12-,16-9+,18-17-,19-13?. The van der Waals surface area contributed by atoms with E-state index in [1.165, 1.54) is 22.9 Å². The third-order valence-corrected chi connectivity index (χ3v) is 3.35. The molecule has 1 heteroatoms. The fourth-order valence-electron chi connectivity index (χ4n) is 2.38. The molecule has 102 valence electrons. The predicted molar refractivity (Wildman–Crippen MR) is 85.7 cm³/mol. The van der Waals surface area contributed by atoms with Gasteiger partial charge in [0.25, 0.3) is 0 Å². The zero-order valence-corrected chi connectivity index (χ0v) is 12.4. The monoisotopic (exact) mass is 255 g/mol. The van der Waals surface area contributed by atoms with Gasteiger partial charge in [-0.2, -0.15) is 0 Å². The first-order chi connectivity index (χ1) is 9.04. The summed E-state index contributed by atoms with van der Waals surface area (Å²) in [5.74, 6) is 0. The summed E-state index contributed by atoms with van der Waals surface area (Å²) in [4.78, 5) is 0. The highest BCUT2D eigenvalue weighted by Crippen LogP contribution is 2.22. The molecule has 0 heterocycles. The van der Waals surface area contributed by atoms with Crippen LogP contribution in [0.1, 0.15) is 46.5 Å². The van der Waals surface area contributed by atoms with Crippen LogP contribution in [-0.2, 0) is 0 Å². The third-order valence-electron chi connectivity index (χ3n) is 3.35. The average Bonchev–Trinajstić information content (AvgIpc) is 2.33. The number of allylic oxidation sites excluding steroid dienone is 9. The largest absolute Gasteiger partial charge is 0.308 e. The van der Waals surface area contributed by atoms with Gasteiger partial charge in [-0.05, 0) is 57.6 Å². The minimum Gasteiger partial charge on any atom is -0.308 e. The maximum atomic E-state index is 7.62. The zero-order chi connectivity index (χ0) is 14.3. The van der Waals surface area contributed by atoms with E-state index in [-0.39, 0.29) is 0 Å². The second-order valence-electron chi connectivity index (χ2n) is 5.24. The van der Waals surface area contributed by atoms with Crippen molar-refractivity contribution in [3.63, 3.8) is 0 Å². The van der Waals surface area contributed by atoms with Crippen LogP contribution in [0.2, 0.25) is 0 Å². The molecule has 0 aliphatic heterocycles. The van der Waals surface area contributed by atoms with Crippen LogP contribution in [0.3, 0.4) is 0 Å². The Labute approximate surface area is 117 Å². The number of hydrogen-bond acceptors (Lipinski definition) is 1. The van der Waals surface area contributed by atoms with Crippen LogP contribution in [0.5, 0.6) is 0 Å². The fraction of sp³-hybridized carbons (Fsp3) is 0.389. The van der Waals surface area contributed by atoms with Crippen LogP contribution >= 0.6 is 0 Å². The van der Waals surface area contributed by atoms with Gasteiger partial charge in [0.05, 0.1) is 0 Å². The lowest BCUT2D eigenvalue weighted by atomic mass is 9.94. The molecular weight excluding hydrogens is 230 g/mol. The molecule has 0 bridgehead atoms. The summed E-state index contributed by atoms with van der Waals surface area (Å²) in [6.07, 6.45) is 14.3. The van der Waals surface area contributed by atoms with E-state index in [4.69, 9.17) is 5.41 Å². The Morgan fingerprint density at radius 2 is 1.95 bits per heavy atom. The topological polar surface area (TPSA) is 23.9 Å². The Morgan fingerprint density at radius 3 is 2.58 bits per heavy atom. The van der Waals surface area contributed by atoms with Gasteiger partial charge in [0, 0.05) is 6.21 Å². The minimum absolute atomic E-state index is 0.930. The molecule has 0 radical (unpaired) electrons. The molecule has 1 aliphatic carbocycles. The predicted octanol–water partition coefficient (Wildman–Crippen LogP) is 5.53. The second-order valence-corrected chi connectivity index (χ2v) is 5.24. The summed E-state index contributed by atoms with van der Waals surface area (Å²) in [5, 5.41) is 7.62. The van der Waals surface area contributed by atoms with Crippen molar-refractivity contribution < 1.29 is 0 Å². The van der Waals surface area contributed by atoms with Crippen molar-refractivity contribution in [1.29, 1.82) is 5.41 Å². The quantitative estimate of drug-likeness (QED) is 0.627. The first-order valence-corrected chi connectivity index (χ1v) is 6.94. The van der Waals surface area contributed by atoms with Gasteiger partial charge in [-0.25, -0.2) is 0 Å². The normalized spacial score (nSPS) is 29.0. The van der Waals surface area contributed by atoms with E-state index in [1.54, 1.807) is 0 Å². The number of rotatable bonds is 2. The van der Waals surface area contributed by atoms with Crippen LogP contribution < -0.4 is 0 Å². The summed E-state index contributed by atoms with van der Waals surface area (Å²) >= 11 is 0. The fourth-order valence-corrected chi connectivity index (χ4v) is 2.38. The van der Waals surface area contributed by atoms with E-state index in [1.807, 2.05) is 6.92 Å². The van der Waals surface area contributed by atoms with E-state index in [0.717, 1.165) is 36.8 Å². The molecule has 0 atom stereocenters. The minimum atomic E-state index is 0.930. The van der Waals surface area contributed by atoms with Crippen LogP contribution in [-0.4, -0.2) is 6.21 Å². The second kappa shape index (κ2) is 7.73.